The predicted octanol–water partition coefficient (Wildman–Crippen LogP) is 3.33. The molecule has 1 N–H and O–H groups in total. The number of anilines is 1. The van der Waals surface area contributed by atoms with Gasteiger partial charge in [0.2, 0.25) is 0 Å². The van der Waals surface area contributed by atoms with Gasteiger partial charge < -0.3 is 5.32 Å². The van der Waals surface area contributed by atoms with Crippen LogP contribution >= 0.6 is 0 Å². The lowest BCUT2D eigenvalue weighted by Crippen LogP contribution is -2.01. The van der Waals surface area contributed by atoms with Crippen LogP contribution in [-0.2, 0) is 0 Å². The van der Waals surface area contributed by atoms with Crippen molar-refractivity contribution >= 4 is 5.82 Å². The average Bonchev–Trinajstić information content (AvgIpc) is 2.30. The zero-order valence-electron chi connectivity index (χ0n) is 10.8. The Kier molecular flexibility index (Phi) is 3.55. The van der Waals surface area contributed by atoms with Crippen LogP contribution in [0.3, 0.4) is 0 Å². The van der Waals surface area contributed by atoms with Gasteiger partial charge in [0, 0.05) is 12.1 Å². The molecule has 0 atom stereocenters. The van der Waals surface area contributed by atoms with Crippen molar-refractivity contribution in [3.63, 3.8) is 0 Å². The second kappa shape index (κ2) is 5.12. The molecular weight excluding hydrogens is 229 g/mol. The van der Waals surface area contributed by atoms with Gasteiger partial charge in [0.1, 0.15) is 11.6 Å². The van der Waals surface area contributed by atoms with Gasteiger partial charge in [0.15, 0.2) is 0 Å². The molecule has 2 rings (SSSR count). The van der Waals surface area contributed by atoms with Crippen molar-refractivity contribution in [3.8, 4) is 11.3 Å². The Balaban J connectivity index is 2.42. The number of rotatable bonds is 3. The summed E-state index contributed by atoms with van der Waals surface area (Å²) in [7, 11) is 0. The predicted molar refractivity (Wildman–Crippen MR) is 71.1 cm³/mol. The monoisotopic (exact) mass is 245 g/mol. The maximum absolute atomic E-state index is 14.0. The van der Waals surface area contributed by atoms with Gasteiger partial charge in [-0.05, 0) is 50.1 Å². The topological polar surface area (TPSA) is 37.8 Å². The van der Waals surface area contributed by atoms with E-state index in [9.17, 15) is 4.39 Å². The van der Waals surface area contributed by atoms with Crippen LogP contribution < -0.4 is 5.32 Å². The van der Waals surface area contributed by atoms with E-state index in [1.54, 1.807) is 6.07 Å². The van der Waals surface area contributed by atoms with Crippen LogP contribution in [0, 0.1) is 19.7 Å². The van der Waals surface area contributed by atoms with Crippen molar-refractivity contribution in [1.29, 1.82) is 0 Å². The normalized spacial score (nSPS) is 10.4. The molecule has 4 heteroatoms. The molecule has 0 radical (unpaired) electrons. The zero-order chi connectivity index (χ0) is 13.1. The number of benzene rings is 1. The molecule has 0 saturated carbocycles. The lowest BCUT2D eigenvalue weighted by Gasteiger charge is -2.08. The summed E-state index contributed by atoms with van der Waals surface area (Å²) in [5.41, 5.74) is 2.87. The highest BCUT2D eigenvalue weighted by molar-refractivity contribution is 5.65. The SMILES string of the molecule is CCNc1ccc(-c2c(C)cc(C)cc2F)nn1. The Morgan fingerprint density at radius 3 is 2.50 bits per heavy atom. The number of hydrogen-bond acceptors (Lipinski definition) is 3. The quantitative estimate of drug-likeness (QED) is 0.901. The van der Waals surface area contributed by atoms with E-state index in [0.717, 1.165) is 17.7 Å². The minimum absolute atomic E-state index is 0.252. The van der Waals surface area contributed by atoms with Gasteiger partial charge in [-0.3, -0.25) is 0 Å². The Morgan fingerprint density at radius 1 is 1.17 bits per heavy atom. The Labute approximate surface area is 106 Å². The fourth-order valence-electron chi connectivity index (χ4n) is 1.98. The molecule has 1 aromatic heterocycles. The standard InChI is InChI=1S/C14H16FN3/c1-4-16-13-6-5-12(17-18-13)14-10(3)7-9(2)8-11(14)15/h5-8H,4H2,1-3H3,(H,16,18). The Hall–Kier alpha value is -1.97. The molecule has 2 aromatic rings. The van der Waals surface area contributed by atoms with Gasteiger partial charge in [0.25, 0.3) is 0 Å². The van der Waals surface area contributed by atoms with E-state index in [1.165, 1.54) is 6.07 Å². The van der Waals surface area contributed by atoms with Crippen molar-refractivity contribution < 1.29 is 4.39 Å². The molecule has 0 saturated heterocycles. The first kappa shape index (κ1) is 12.5. The van der Waals surface area contributed by atoms with Gasteiger partial charge in [-0.15, -0.1) is 10.2 Å². The molecule has 0 aliphatic carbocycles. The molecule has 0 aliphatic rings. The van der Waals surface area contributed by atoms with E-state index in [-0.39, 0.29) is 5.82 Å². The smallest absolute Gasteiger partial charge is 0.148 e. The number of halogens is 1. The van der Waals surface area contributed by atoms with Gasteiger partial charge >= 0.3 is 0 Å². The highest BCUT2D eigenvalue weighted by Crippen LogP contribution is 2.26. The maximum atomic E-state index is 14.0. The third-order valence-corrected chi connectivity index (χ3v) is 2.71. The van der Waals surface area contributed by atoms with Crippen molar-refractivity contribution in [2.45, 2.75) is 20.8 Å². The van der Waals surface area contributed by atoms with Crippen LogP contribution in [0.1, 0.15) is 18.1 Å². The minimum atomic E-state index is -0.252. The molecule has 0 unspecified atom stereocenters. The minimum Gasteiger partial charge on any atom is -0.369 e. The average molecular weight is 245 g/mol. The summed E-state index contributed by atoms with van der Waals surface area (Å²) in [5.74, 6) is 0.449. The fourth-order valence-corrected chi connectivity index (χ4v) is 1.98. The molecule has 0 aliphatic heterocycles. The van der Waals surface area contributed by atoms with Gasteiger partial charge in [0.05, 0.1) is 5.69 Å². The fraction of sp³-hybridized carbons (Fsp3) is 0.286. The maximum Gasteiger partial charge on any atom is 0.148 e. The summed E-state index contributed by atoms with van der Waals surface area (Å²) in [6.45, 7) is 6.52. The van der Waals surface area contributed by atoms with Crippen LogP contribution in [-0.4, -0.2) is 16.7 Å². The first-order valence-electron chi connectivity index (χ1n) is 5.96. The highest BCUT2D eigenvalue weighted by Gasteiger charge is 2.11. The van der Waals surface area contributed by atoms with Crippen molar-refractivity contribution in [2.75, 3.05) is 11.9 Å². The van der Waals surface area contributed by atoms with Gasteiger partial charge in [-0.1, -0.05) is 6.07 Å². The Morgan fingerprint density at radius 2 is 1.94 bits per heavy atom. The molecule has 1 aromatic carbocycles. The number of aromatic nitrogens is 2. The van der Waals surface area contributed by atoms with Crippen molar-refractivity contribution in [1.82, 2.24) is 10.2 Å². The van der Waals surface area contributed by atoms with Crippen LogP contribution in [0.2, 0.25) is 0 Å². The van der Waals surface area contributed by atoms with Crippen LogP contribution in [0.15, 0.2) is 24.3 Å². The number of hydrogen-bond donors (Lipinski definition) is 1. The van der Waals surface area contributed by atoms with Crippen LogP contribution in [0.5, 0.6) is 0 Å². The van der Waals surface area contributed by atoms with E-state index in [4.69, 9.17) is 0 Å². The van der Waals surface area contributed by atoms with E-state index in [2.05, 4.69) is 15.5 Å². The third kappa shape index (κ3) is 2.47. The molecule has 18 heavy (non-hydrogen) atoms. The summed E-state index contributed by atoms with van der Waals surface area (Å²) < 4.78 is 14.0. The largest absolute Gasteiger partial charge is 0.369 e. The summed E-state index contributed by atoms with van der Waals surface area (Å²) in [6, 6.07) is 7.05. The number of aryl methyl sites for hydroxylation is 2. The van der Waals surface area contributed by atoms with E-state index in [1.807, 2.05) is 32.9 Å². The summed E-state index contributed by atoms with van der Waals surface area (Å²) in [4.78, 5) is 0. The second-order valence-corrected chi connectivity index (χ2v) is 4.27. The zero-order valence-corrected chi connectivity index (χ0v) is 10.8. The second-order valence-electron chi connectivity index (χ2n) is 4.27. The van der Waals surface area contributed by atoms with Gasteiger partial charge in [-0.2, -0.15) is 0 Å². The molecule has 0 spiro atoms. The molecule has 0 amide bonds. The number of nitrogens with one attached hydrogen (secondary N) is 1. The van der Waals surface area contributed by atoms with Crippen molar-refractivity contribution in [2.24, 2.45) is 0 Å². The molecule has 3 nitrogen and oxygen atoms in total. The molecule has 0 bridgehead atoms. The van der Waals surface area contributed by atoms with E-state index >= 15 is 0 Å². The molecule has 1 heterocycles. The number of nitrogens with zero attached hydrogens (tertiary/aromatic N) is 2. The van der Waals surface area contributed by atoms with Gasteiger partial charge in [-0.25, -0.2) is 4.39 Å². The molecular formula is C14H16FN3. The Bertz CT molecular complexity index is 526. The lowest BCUT2D eigenvalue weighted by atomic mass is 10.0. The summed E-state index contributed by atoms with van der Waals surface area (Å²) in [6.07, 6.45) is 0. The molecule has 0 fully saturated rings. The van der Waals surface area contributed by atoms with Crippen LogP contribution in [0.25, 0.3) is 11.3 Å². The lowest BCUT2D eigenvalue weighted by molar-refractivity contribution is 0.628. The first-order chi connectivity index (χ1) is 8.61. The third-order valence-electron chi connectivity index (χ3n) is 2.71. The highest BCUT2D eigenvalue weighted by atomic mass is 19.1. The summed E-state index contributed by atoms with van der Waals surface area (Å²) in [5, 5.41) is 11.1. The first-order valence-corrected chi connectivity index (χ1v) is 5.96. The van der Waals surface area contributed by atoms with E-state index < -0.39 is 0 Å². The van der Waals surface area contributed by atoms with Crippen LogP contribution in [0.4, 0.5) is 10.2 Å². The van der Waals surface area contributed by atoms with E-state index in [0.29, 0.717) is 17.1 Å². The summed E-state index contributed by atoms with van der Waals surface area (Å²) >= 11 is 0. The van der Waals surface area contributed by atoms with Crippen molar-refractivity contribution in [3.05, 3.63) is 41.2 Å². The molecule has 94 valence electrons.